The van der Waals surface area contributed by atoms with E-state index in [-0.39, 0.29) is 0 Å². The van der Waals surface area contributed by atoms with Gasteiger partial charge in [0.2, 0.25) is 0 Å². The van der Waals surface area contributed by atoms with Crippen molar-refractivity contribution in [1.82, 2.24) is 0 Å². The van der Waals surface area contributed by atoms with Gasteiger partial charge in [-0.3, -0.25) is 0 Å². The molecule has 0 rings (SSSR count). The minimum Gasteiger partial charge on any atom is -0.0654 e. The topological polar surface area (TPSA) is 0 Å². The van der Waals surface area contributed by atoms with Crippen molar-refractivity contribution >= 4 is 0 Å². The first-order valence-electron chi connectivity index (χ1n) is 18.6. The molecule has 0 aliphatic heterocycles. The van der Waals surface area contributed by atoms with Crippen molar-refractivity contribution in [3.05, 3.63) is 0 Å². The van der Waals surface area contributed by atoms with Crippen LogP contribution < -0.4 is 0 Å². The maximum absolute atomic E-state index is 2.51. The van der Waals surface area contributed by atoms with E-state index in [0.29, 0.717) is 0 Å². The maximum Gasteiger partial charge on any atom is -0.0443 e. The van der Waals surface area contributed by atoms with Crippen molar-refractivity contribution in [2.45, 2.75) is 227 Å². The predicted molar refractivity (Wildman–Crippen MR) is 177 cm³/mol. The number of hydrogen-bond acceptors (Lipinski definition) is 0. The zero-order valence-electron chi connectivity index (χ0n) is 27.9. The normalized spacial score (nSPS) is 14.1. The van der Waals surface area contributed by atoms with Crippen molar-refractivity contribution in [2.24, 2.45) is 17.8 Å². The molecule has 0 aliphatic carbocycles. The summed E-state index contributed by atoms with van der Waals surface area (Å²) in [5, 5.41) is 0. The molecule has 0 nitrogen and oxygen atoms in total. The van der Waals surface area contributed by atoms with E-state index in [1.165, 1.54) is 193 Å². The van der Waals surface area contributed by atoms with Crippen LogP contribution in [-0.2, 0) is 0 Å². The first-order valence-corrected chi connectivity index (χ1v) is 18.6. The molecule has 230 valence electrons. The van der Waals surface area contributed by atoms with Gasteiger partial charge in [-0.1, -0.05) is 227 Å². The zero-order valence-corrected chi connectivity index (χ0v) is 27.9. The highest BCUT2D eigenvalue weighted by Gasteiger charge is 2.06. The van der Waals surface area contributed by atoms with Crippen LogP contribution in [0.3, 0.4) is 0 Å². The Kier molecular flexibility index (Phi) is 31.5. The van der Waals surface area contributed by atoms with Gasteiger partial charge in [-0.05, 0) is 17.8 Å². The van der Waals surface area contributed by atoms with E-state index in [1.54, 1.807) is 0 Å². The highest BCUT2D eigenvalue weighted by molar-refractivity contribution is 4.60. The molecule has 0 spiro atoms. The molecule has 0 aromatic carbocycles. The zero-order chi connectivity index (χ0) is 27.9. The van der Waals surface area contributed by atoms with E-state index in [1.807, 2.05) is 0 Å². The van der Waals surface area contributed by atoms with Crippen LogP contribution in [0.15, 0.2) is 0 Å². The lowest BCUT2D eigenvalue weighted by atomic mass is 9.92. The summed E-state index contributed by atoms with van der Waals surface area (Å²) in [6.45, 7) is 12.1. The highest BCUT2D eigenvalue weighted by Crippen LogP contribution is 2.22. The molecule has 0 radical (unpaired) electrons. The summed E-state index contributed by atoms with van der Waals surface area (Å²) in [6.07, 6.45) is 44.1. The summed E-state index contributed by atoms with van der Waals surface area (Å²) in [5.41, 5.74) is 0. The average molecular weight is 535 g/mol. The Hall–Kier alpha value is 0. The Labute approximate surface area is 244 Å². The minimum absolute atomic E-state index is 0.944. The molecule has 0 amide bonds. The second-order valence-corrected chi connectivity index (χ2v) is 13.8. The Morgan fingerprint density at radius 1 is 0.263 bits per heavy atom. The molecule has 0 saturated heterocycles. The van der Waals surface area contributed by atoms with E-state index < -0.39 is 0 Å². The summed E-state index contributed by atoms with van der Waals surface area (Å²) in [6, 6.07) is 0. The second kappa shape index (κ2) is 31.5. The summed E-state index contributed by atoms with van der Waals surface area (Å²) >= 11 is 0. The van der Waals surface area contributed by atoms with Gasteiger partial charge < -0.3 is 0 Å². The SMILES string of the molecule is CCCCCCCCCCCCCCCCC(C)CCCC(C)CCCCCCCCCCCC(C)CC. The quantitative estimate of drug-likeness (QED) is 0.0752. The van der Waals surface area contributed by atoms with Crippen LogP contribution in [0, 0.1) is 17.8 Å². The largest absolute Gasteiger partial charge is 0.0654 e. The molecule has 0 aromatic heterocycles. The van der Waals surface area contributed by atoms with E-state index >= 15 is 0 Å². The minimum atomic E-state index is 0.944. The molecule has 0 N–H and O–H groups in total. The molecule has 0 aromatic rings. The Balaban J connectivity index is 3.28. The van der Waals surface area contributed by atoms with Crippen LogP contribution in [0.25, 0.3) is 0 Å². The Morgan fingerprint density at radius 3 is 0.789 bits per heavy atom. The molecule has 3 atom stereocenters. The predicted octanol–water partition coefficient (Wildman–Crippen LogP) is 14.6. The van der Waals surface area contributed by atoms with Crippen LogP contribution in [0.1, 0.15) is 227 Å². The third-order valence-electron chi connectivity index (χ3n) is 9.54. The van der Waals surface area contributed by atoms with Gasteiger partial charge in [-0.15, -0.1) is 0 Å². The van der Waals surface area contributed by atoms with Crippen LogP contribution in [0.5, 0.6) is 0 Å². The third-order valence-corrected chi connectivity index (χ3v) is 9.54. The Morgan fingerprint density at radius 2 is 0.500 bits per heavy atom. The smallest absolute Gasteiger partial charge is 0.0443 e. The molecule has 0 aliphatic rings. The molecule has 0 heteroatoms. The van der Waals surface area contributed by atoms with Gasteiger partial charge in [0.05, 0.1) is 0 Å². The Bertz CT molecular complexity index is 412. The summed E-state index contributed by atoms with van der Waals surface area (Å²) < 4.78 is 0. The fraction of sp³-hybridized carbons (Fsp3) is 1.00. The van der Waals surface area contributed by atoms with E-state index in [0.717, 1.165) is 17.8 Å². The molecule has 0 heterocycles. The van der Waals surface area contributed by atoms with Crippen LogP contribution in [0.4, 0.5) is 0 Å². The molecule has 3 unspecified atom stereocenters. The maximum atomic E-state index is 2.51. The van der Waals surface area contributed by atoms with Crippen LogP contribution >= 0.6 is 0 Å². The monoisotopic (exact) mass is 535 g/mol. The fourth-order valence-corrected chi connectivity index (χ4v) is 6.22. The molecular formula is C38H78. The molecular weight excluding hydrogens is 456 g/mol. The lowest BCUT2D eigenvalue weighted by Gasteiger charge is -2.14. The van der Waals surface area contributed by atoms with Gasteiger partial charge in [-0.25, -0.2) is 0 Å². The molecule has 0 bridgehead atoms. The van der Waals surface area contributed by atoms with Gasteiger partial charge in [0.15, 0.2) is 0 Å². The van der Waals surface area contributed by atoms with Crippen molar-refractivity contribution in [3.8, 4) is 0 Å². The van der Waals surface area contributed by atoms with E-state index in [9.17, 15) is 0 Å². The average Bonchev–Trinajstić information content (AvgIpc) is 2.91. The van der Waals surface area contributed by atoms with Crippen molar-refractivity contribution < 1.29 is 0 Å². The number of unbranched alkanes of at least 4 members (excludes halogenated alkanes) is 21. The van der Waals surface area contributed by atoms with Crippen molar-refractivity contribution in [1.29, 1.82) is 0 Å². The van der Waals surface area contributed by atoms with Gasteiger partial charge >= 0.3 is 0 Å². The molecule has 38 heavy (non-hydrogen) atoms. The lowest BCUT2D eigenvalue weighted by Crippen LogP contribution is -1.99. The van der Waals surface area contributed by atoms with Crippen molar-refractivity contribution in [2.75, 3.05) is 0 Å². The van der Waals surface area contributed by atoms with Crippen LogP contribution in [-0.4, -0.2) is 0 Å². The fourth-order valence-electron chi connectivity index (χ4n) is 6.22. The van der Waals surface area contributed by atoms with Gasteiger partial charge in [0.25, 0.3) is 0 Å². The molecule has 0 fully saturated rings. The lowest BCUT2D eigenvalue weighted by molar-refractivity contribution is 0.390. The van der Waals surface area contributed by atoms with Gasteiger partial charge in [-0.2, -0.15) is 0 Å². The highest BCUT2D eigenvalue weighted by atomic mass is 14.1. The molecule has 0 saturated carbocycles. The third kappa shape index (κ3) is 30.5. The van der Waals surface area contributed by atoms with Gasteiger partial charge in [0.1, 0.15) is 0 Å². The number of rotatable bonds is 32. The first-order chi connectivity index (χ1) is 18.6. The first kappa shape index (κ1) is 38.0. The number of hydrogen-bond donors (Lipinski definition) is 0. The van der Waals surface area contributed by atoms with Gasteiger partial charge in [0, 0.05) is 0 Å². The summed E-state index contributed by atoms with van der Waals surface area (Å²) in [4.78, 5) is 0. The standard InChI is InChI=1S/C38H78/c1-6-8-9-10-11-12-13-14-15-16-18-22-25-28-32-37(4)34-30-35-38(5)33-29-26-23-20-17-19-21-24-27-31-36(3)7-2/h36-38H,6-35H2,1-5H3. The summed E-state index contributed by atoms with van der Waals surface area (Å²) in [5.74, 6) is 2.85. The van der Waals surface area contributed by atoms with E-state index in [2.05, 4.69) is 34.6 Å². The second-order valence-electron chi connectivity index (χ2n) is 13.8. The van der Waals surface area contributed by atoms with E-state index in [4.69, 9.17) is 0 Å². The summed E-state index contributed by atoms with van der Waals surface area (Å²) in [7, 11) is 0. The van der Waals surface area contributed by atoms with Crippen LogP contribution in [0.2, 0.25) is 0 Å². The van der Waals surface area contributed by atoms with Crippen molar-refractivity contribution in [3.63, 3.8) is 0 Å².